The van der Waals surface area contributed by atoms with Gasteiger partial charge in [0.2, 0.25) is 0 Å². The summed E-state index contributed by atoms with van der Waals surface area (Å²) in [6, 6.07) is 5.64. The van der Waals surface area contributed by atoms with Crippen molar-refractivity contribution in [2.24, 2.45) is 4.99 Å². The van der Waals surface area contributed by atoms with E-state index in [1.165, 1.54) is 0 Å². The summed E-state index contributed by atoms with van der Waals surface area (Å²) in [4.78, 5) is 13.0. The standard InChI is InChI=1S/C20H27F3N6S/c1-24-18(25-10-17-13-30-19(27-17)28(2)3)26-16-8-9-29(12-16)11-14-4-6-15(7-5-14)20(21,22)23/h4-7,13,16H,8-12H2,1-3H3,(H2,24,25,26). The second kappa shape index (κ2) is 9.65. The van der Waals surface area contributed by atoms with Gasteiger partial charge in [-0.25, -0.2) is 4.98 Å². The number of benzene rings is 1. The van der Waals surface area contributed by atoms with Crippen molar-refractivity contribution in [2.75, 3.05) is 39.1 Å². The van der Waals surface area contributed by atoms with E-state index in [4.69, 9.17) is 0 Å². The van der Waals surface area contributed by atoms with Crippen LogP contribution in [-0.2, 0) is 19.3 Å². The molecule has 3 rings (SSSR count). The van der Waals surface area contributed by atoms with E-state index in [1.54, 1.807) is 30.5 Å². The lowest BCUT2D eigenvalue weighted by atomic mass is 10.1. The number of likely N-dealkylation sites (tertiary alicyclic amines) is 1. The molecular formula is C20H27F3N6S. The first-order valence-electron chi connectivity index (χ1n) is 9.72. The van der Waals surface area contributed by atoms with Gasteiger partial charge < -0.3 is 15.5 Å². The molecule has 1 aliphatic rings. The third kappa shape index (κ3) is 6.09. The van der Waals surface area contributed by atoms with Gasteiger partial charge in [-0.15, -0.1) is 11.3 Å². The fourth-order valence-corrected chi connectivity index (χ4v) is 4.05. The Balaban J connectivity index is 1.46. The highest BCUT2D eigenvalue weighted by Crippen LogP contribution is 2.29. The second-order valence-electron chi connectivity index (χ2n) is 7.50. The Morgan fingerprint density at radius 1 is 1.30 bits per heavy atom. The Morgan fingerprint density at radius 2 is 2.03 bits per heavy atom. The SMILES string of the molecule is CN=C(NCc1csc(N(C)C)n1)NC1CCN(Cc2ccc(C(F)(F)F)cc2)C1. The highest BCUT2D eigenvalue weighted by atomic mass is 32.1. The van der Waals surface area contributed by atoms with Gasteiger partial charge in [-0.3, -0.25) is 9.89 Å². The van der Waals surface area contributed by atoms with E-state index in [9.17, 15) is 13.2 Å². The fourth-order valence-electron chi connectivity index (χ4n) is 3.30. The summed E-state index contributed by atoms with van der Waals surface area (Å²) in [7, 11) is 5.66. The predicted octanol–water partition coefficient (Wildman–Crippen LogP) is 3.17. The Hall–Kier alpha value is -2.33. The molecule has 1 saturated heterocycles. The maximum atomic E-state index is 12.7. The van der Waals surface area contributed by atoms with Crippen molar-refractivity contribution in [3.63, 3.8) is 0 Å². The summed E-state index contributed by atoms with van der Waals surface area (Å²) in [6.07, 6.45) is -3.35. The maximum Gasteiger partial charge on any atom is 0.416 e. The Kier molecular flexibility index (Phi) is 7.19. The number of nitrogens with zero attached hydrogens (tertiary/aromatic N) is 4. The van der Waals surface area contributed by atoms with E-state index in [-0.39, 0.29) is 6.04 Å². The largest absolute Gasteiger partial charge is 0.416 e. The molecule has 164 valence electrons. The maximum absolute atomic E-state index is 12.7. The van der Waals surface area contributed by atoms with Crippen LogP contribution in [0, 0.1) is 0 Å². The lowest BCUT2D eigenvalue weighted by Gasteiger charge is -2.19. The van der Waals surface area contributed by atoms with Gasteiger partial charge in [0.15, 0.2) is 11.1 Å². The van der Waals surface area contributed by atoms with Crippen molar-refractivity contribution in [2.45, 2.75) is 31.7 Å². The molecular weight excluding hydrogens is 413 g/mol. The summed E-state index contributed by atoms with van der Waals surface area (Å²) in [5, 5.41) is 9.70. The molecule has 1 unspecified atom stereocenters. The van der Waals surface area contributed by atoms with Gasteiger partial charge in [-0.1, -0.05) is 12.1 Å². The van der Waals surface area contributed by atoms with Crippen molar-refractivity contribution in [1.29, 1.82) is 0 Å². The number of alkyl halides is 3. The average molecular weight is 441 g/mol. The fraction of sp³-hybridized carbons (Fsp3) is 0.500. The molecule has 2 N–H and O–H groups in total. The Bertz CT molecular complexity index is 847. The highest BCUT2D eigenvalue weighted by Gasteiger charge is 2.30. The van der Waals surface area contributed by atoms with Crippen molar-refractivity contribution < 1.29 is 13.2 Å². The van der Waals surface area contributed by atoms with Gasteiger partial charge in [0.1, 0.15) is 0 Å². The number of hydrogen-bond acceptors (Lipinski definition) is 5. The summed E-state index contributed by atoms with van der Waals surface area (Å²) in [5.41, 5.74) is 1.23. The van der Waals surface area contributed by atoms with E-state index >= 15 is 0 Å². The van der Waals surface area contributed by atoms with Crippen LogP contribution in [0.15, 0.2) is 34.6 Å². The molecule has 2 heterocycles. The van der Waals surface area contributed by atoms with Crippen LogP contribution in [0.4, 0.5) is 18.3 Å². The molecule has 10 heteroatoms. The number of thiazole rings is 1. The van der Waals surface area contributed by atoms with Gasteiger partial charge in [0.05, 0.1) is 17.8 Å². The van der Waals surface area contributed by atoms with Crippen molar-refractivity contribution in [3.05, 3.63) is 46.5 Å². The number of nitrogens with one attached hydrogen (secondary N) is 2. The van der Waals surface area contributed by atoms with Gasteiger partial charge >= 0.3 is 6.18 Å². The van der Waals surface area contributed by atoms with Crippen molar-refractivity contribution >= 4 is 22.4 Å². The first-order valence-corrected chi connectivity index (χ1v) is 10.6. The smallest absolute Gasteiger partial charge is 0.354 e. The molecule has 1 aromatic heterocycles. The van der Waals surface area contributed by atoms with E-state index < -0.39 is 11.7 Å². The lowest BCUT2D eigenvalue weighted by Crippen LogP contribution is -2.44. The van der Waals surface area contributed by atoms with Crippen LogP contribution < -0.4 is 15.5 Å². The Labute approximate surface area is 178 Å². The molecule has 0 amide bonds. The van der Waals surface area contributed by atoms with Crippen molar-refractivity contribution in [3.8, 4) is 0 Å². The summed E-state index contributed by atoms with van der Waals surface area (Å²) in [6.45, 7) is 2.91. The first kappa shape index (κ1) is 22.4. The zero-order valence-corrected chi connectivity index (χ0v) is 18.1. The normalized spacial score (nSPS) is 17.9. The minimum absolute atomic E-state index is 0.235. The molecule has 0 radical (unpaired) electrons. The van der Waals surface area contributed by atoms with Crippen LogP contribution in [0.5, 0.6) is 0 Å². The van der Waals surface area contributed by atoms with Crippen LogP contribution in [0.2, 0.25) is 0 Å². The number of aliphatic imine (C=N–C) groups is 1. The monoisotopic (exact) mass is 440 g/mol. The average Bonchev–Trinajstić information content (AvgIpc) is 3.34. The van der Waals surface area contributed by atoms with E-state index in [2.05, 4.69) is 25.5 Å². The number of halogens is 3. The lowest BCUT2D eigenvalue weighted by molar-refractivity contribution is -0.137. The number of rotatable bonds is 6. The van der Waals surface area contributed by atoms with Crippen LogP contribution in [0.3, 0.4) is 0 Å². The Morgan fingerprint density at radius 3 is 2.63 bits per heavy atom. The number of anilines is 1. The van der Waals surface area contributed by atoms with Crippen molar-refractivity contribution in [1.82, 2.24) is 20.5 Å². The number of aromatic nitrogens is 1. The van der Waals surface area contributed by atoms with Crippen LogP contribution in [0.25, 0.3) is 0 Å². The molecule has 1 aromatic carbocycles. The molecule has 30 heavy (non-hydrogen) atoms. The van der Waals surface area contributed by atoms with Crippen LogP contribution in [0.1, 0.15) is 23.2 Å². The molecule has 0 bridgehead atoms. The summed E-state index contributed by atoms with van der Waals surface area (Å²) in [5.74, 6) is 0.718. The van der Waals surface area contributed by atoms with Gasteiger partial charge in [-0.2, -0.15) is 13.2 Å². The molecule has 0 aliphatic carbocycles. The molecule has 0 spiro atoms. The van der Waals surface area contributed by atoms with Crippen LogP contribution in [-0.4, -0.2) is 56.1 Å². The first-order chi connectivity index (χ1) is 14.2. The summed E-state index contributed by atoms with van der Waals surface area (Å²) >= 11 is 1.60. The number of hydrogen-bond donors (Lipinski definition) is 2. The second-order valence-corrected chi connectivity index (χ2v) is 8.34. The topological polar surface area (TPSA) is 55.8 Å². The van der Waals surface area contributed by atoms with Gasteiger partial charge in [0, 0.05) is 52.2 Å². The zero-order valence-electron chi connectivity index (χ0n) is 17.3. The molecule has 1 aliphatic heterocycles. The van der Waals surface area contributed by atoms with Gasteiger partial charge in [-0.05, 0) is 24.1 Å². The zero-order chi connectivity index (χ0) is 21.7. The number of guanidine groups is 1. The van der Waals surface area contributed by atoms with E-state index in [0.717, 1.165) is 54.0 Å². The quantitative estimate of drug-likeness (QED) is 0.534. The molecule has 1 atom stereocenters. The van der Waals surface area contributed by atoms with E-state index in [1.807, 2.05) is 24.4 Å². The molecule has 1 fully saturated rings. The predicted molar refractivity (Wildman–Crippen MR) is 115 cm³/mol. The van der Waals surface area contributed by atoms with Gasteiger partial charge in [0.25, 0.3) is 0 Å². The third-order valence-corrected chi connectivity index (χ3v) is 5.94. The third-order valence-electron chi connectivity index (χ3n) is 4.88. The molecule has 6 nitrogen and oxygen atoms in total. The molecule has 0 saturated carbocycles. The highest BCUT2D eigenvalue weighted by molar-refractivity contribution is 7.13. The minimum atomic E-state index is -4.29. The van der Waals surface area contributed by atoms with E-state index in [0.29, 0.717) is 13.1 Å². The van der Waals surface area contributed by atoms with Crippen LogP contribution >= 0.6 is 11.3 Å². The molecule has 2 aromatic rings. The summed E-state index contributed by atoms with van der Waals surface area (Å²) < 4.78 is 38.1. The minimum Gasteiger partial charge on any atom is -0.354 e.